The summed E-state index contributed by atoms with van der Waals surface area (Å²) in [5, 5.41) is 0. The second-order valence-corrected chi connectivity index (χ2v) is 3.24. The normalized spacial score (nSPS) is 16.4. The van der Waals surface area contributed by atoms with Gasteiger partial charge in [0.05, 0.1) is 0 Å². The van der Waals surface area contributed by atoms with Crippen molar-refractivity contribution in [3.05, 3.63) is 0 Å². The quantitative estimate of drug-likeness (QED) is 0.615. The molecular weight excluding hydrogens is 136 g/mol. The van der Waals surface area contributed by atoms with E-state index in [0.29, 0.717) is 12.0 Å². The van der Waals surface area contributed by atoms with E-state index < -0.39 is 0 Å². The minimum atomic E-state index is 0.324. The van der Waals surface area contributed by atoms with Gasteiger partial charge in [-0.15, -0.1) is 0 Å². The van der Waals surface area contributed by atoms with Gasteiger partial charge >= 0.3 is 0 Å². The van der Waals surface area contributed by atoms with E-state index in [1.54, 1.807) is 0 Å². The Morgan fingerprint density at radius 1 is 1.09 bits per heavy atom. The van der Waals surface area contributed by atoms with Crippen molar-refractivity contribution in [1.82, 2.24) is 0 Å². The summed E-state index contributed by atoms with van der Waals surface area (Å²) >= 11 is 0. The Balaban J connectivity index is 3.61. The third-order valence-electron chi connectivity index (χ3n) is 2.19. The molecule has 0 saturated heterocycles. The van der Waals surface area contributed by atoms with Gasteiger partial charge in [-0.3, -0.25) is 0 Å². The molecule has 0 amide bonds. The molecule has 0 aromatic carbocycles. The fourth-order valence-electron chi connectivity index (χ4n) is 1.45. The zero-order chi connectivity index (χ0) is 8.69. The van der Waals surface area contributed by atoms with Gasteiger partial charge in [0.25, 0.3) is 0 Å². The van der Waals surface area contributed by atoms with Crippen LogP contribution in [0.1, 0.15) is 39.5 Å². The molecule has 0 rings (SSSR count). The van der Waals surface area contributed by atoms with E-state index in [2.05, 4.69) is 13.8 Å². The Labute approximate surface area is 70.3 Å². The molecule has 2 heteroatoms. The zero-order valence-corrected chi connectivity index (χ0v) is 7.84. The molecule has 4 N–H and O–H groups in total. The van der Waals surface area contributed by atoms with Crippen LogP contribution in [-0.4, -0.2) is 12.6 Å². The summed E-state index contributed by atoms with van der Waals surface area (Å²) < 4.78 is 0. The largest absolute Gasteiger partial charge is 0.330 e. The molecule has 0 spiro atoms. The lowest BCUT2D eigenvalue weighted by atomic mass is 9.92. The molecule has 0 heterocycles. The van der Waals surface area contributed by atoms with Crippen LogP contribution in [0.15, 0.2) is 0 Å². The van der Waals surface area contributed by atoms with Crippen LogP contribution in [0.2, 0.25) is 0 Å². The lowest BCUT2D eigenvalue weighted by Crippen LogP contribution is -2.34. The van der Waals surface area contributed by atoms with Crippen LogP contribution in [0, 0.1) is 5.92 Å². The maximum absolute atomic E-state index is 5.95. The monoisotopic (exact) mass is 158 g/mol. The number of hydrogen-bond acceptors (Lipinski definition) is 2. The van der Waals surface area contributed by atoms with E-state index in [1.807, 2.05) is 0 Å². The molecule has 0 radical (unpaired) electrons. The van der Waals surface area contributed by atoms with E-state index in [4.69, 9.17) is 11.5 Å². The molecule has 0 aromatic heterocycles. The standard InChI is InChI=1S/C9H22N2/c1-3-5-8(7-10)9(11)6-4-2/h8-9H,3-7,10-11H2,1-2H3. The van der Waals surface area contributed by atoms with Gasteiger partial charge in [-0.1, -0.05) is 26.7 Å². The molecule has 68 valence electrons. The Hall–Kier alpha value is -0.0800. The molecule has 0 aliphatic carbocycles. The second kappa shape index (κ2) is 6.62. The number of hydrogen-bond donors (Lipinski definition) is 2. The van der Waals surface area contributed by atoms with Crippen molar-refractivity contribution in [3.8, 4) is 0 Å². The van der Waals surface area contributed by atoms with Crippen LogP contribution in [0.4, 0.5) is 0 Å². The van der Waals surface area contributed by atoms with Crippen molar-refractivity contribution in [2.45, 2.75) is 45.6 Å². The van der Waals surface area contributed by atoms with Crippen molar-refractivity contribution in [2.75, 3.05) is 6.54 Å². The van der Waals surface area contributed by atoms with Gasteiger partial charge in [0, 0.05) is 6.04 Å². The zero-order valence-electron chi connectivity index (χ0n) is 7.84. The van der Waals surface area contributed by atoms with Gasteiger partial charge in [0.15, 0.2) is 0 Å². The highest BCUT2D eigenvalue weighted by Crippen LogP contribution is 2.11. The van der Waals surface area contributed by atoms with E-state index in [-0.39, 0.29) is 0 Å². The first kappa shape index (κ1) is 10.9. The fourth-order valence-corrected chi connectivity index (χ4v) is 1.45. The smallest absolute Gasteiger partial charge is 0.00790 e. The topological polar surface area (TPSA) is 52.0 Å². The highest BCUT2D eigenvalue weighted by molar-refractivity contribution is 4.72. The molecule has 0 bridgehead atoms. The molecule has 2 unspecified atom stereocenters. The van der Waals surface area contributed by atoms with Crippen molar-refractivity contribution in [1.29, 1.82) is 0 Å². The molecule has 0 aliphatic heterocycles. The van der Waals surface area contributed by atoms with Crippen LogP contribution in [0.5, 0.6) is 0 Å². The summed E-state index contributed by atoms with van der Waals surface area (Å²) in [5.74, 6) is 0.542. The van der Waals surface area contributed by atoms with Gasteiger partial charge in [0.2, 0.25) is 0 Å². The maximum Gasteiger partial charge on any atom is 0.00790 e. The average molecular weight is 158 g/mol. The first-order chi connectivity index (χ1) is 5.26. The van der Waals surface area contributed by atoms with E-state index in [9.17, 15) is 0 Å². The Morgan fingerprint density at radius 3 is 2.00 bits per heavy atom. The fraction of sp³-hybridized carbons (Fsp3) is 1.00. The molecule has 0 fully saturated rings. The molecule has 0 aliphatic rings. The average Bonchev–Trinajstić information content (AvgIpc) is 2.00. The van der Waals surface area contributed by atoms with Crippen molar-refractivity contribution < 1.29 is 0 Å². The Bertz CT molecular complexity index is 83.6. The van der Waals surface area contributed by atoms with Crippen molar-refractivity contribution in [3.63, 3.8) is 0 Å². The van der Waals surface area contributed by atoms with Crippen molar-refractivity contribution in [2.24, 2.45) is 17.4 Å². The van der Waals surface area contributed by atoms with Gasteiger partial charge < -0.3 is 11.5 Å². The summed E-state index contributed by atoms with van der Waals surface area (Å²) in [6, 6.07) is 0.324. The lowest BCUT2D eigenvalue weighted by Gasteiger charge is -2.21. The van der Waals surface area contributed by atoms with Crippen molar-refractivity contribution >= 4 is 0 Å². The molecule has 0 aromatic rings. The SMILES string of the molecule is CCCC(N)C(CN)CCC. The number of rotatable bonds is 6. The van der Waals surface area contributed by atoms with Gasteiger partial charge in [-0.2, -0.15) is 0 Å². The van der Waals surface area contributed by atoms with E-state index in [1.165, 1.54) is 19.3 Å². The Kier molecular flexibility index (Phi) is 6.57. The third kappa shape index (κ3) is 4.38. The lowest BCUT2D eigenvalue weighted by molar-refractivity contribution is 0.378. The third-order valence-corrected chi connectivity index (χ3v) is 2.19. The highest BCUT2D eigenvalue weighted by Gasteiger charge is 2.13. The van der Waals surface area contributed by atoms with Crippen LogP contribution < -0.4 is 11.5 Å². The minimum Gasteiger partial charge on any atom is -0.330 e. The van der Waals surface area contributed by atoms with E-state index >= 15 is 0 Å². The van der Waals surface area contributed by atoms with Gasteiger partial charge in [-0.05, 0) is 25.3 Å². The van der Waals surface area contributed by atoms with E-state index in [0.717, 1.165) is 13.0 Å². The Morgan fingerprint density at radius 2 is 1.64 bits per heavy atom. The first-order valence-electron chi connectivity index (χ1n) is 4.71. The summed E-state index contributed by atoms with van der Waals surface area (Å²) in [5.41, 5.74) is 11.6. The molecule has 2 atom stereocenters. The molecule has 11 heavy (non-hydrogen) atoms. The summed E-state index contributed by atoms with van der Waals surface area (Å²) in [6.07, 6.45) is 4.65. The highest BCUT2D eigenvalue weighted by atomic mass is 14.7. The number of nitrogens with two attached hydrogens (primary N) is 2. The summed E-state index contributed by atoms with van der Waals surface area (Å²) in [7, 11) is 0. The van der Waals surface area contributed by atoms with Gasteiger partial charge in [-0.25, -0.2) is 0 Å². The first-order valence-corrected chi connectivity index (χ1v) is 4.71. The predicted molar refractivity (Wildman–Crippen MR) is 50.3 cm³/mol. The molecule has 0 saturated carbocycles. The maximum atomic E-state index is 5.95. The van der Waals surface area contributed by atoms with Crippen LogP contribution in [0.25, 0.3) is 0 Å². The van der Waals surface area contributed by atoms with Gasteiger partial charge in [0.1, 0.15) is 0 Å². The van der Waals surface area contributed by atoms with Crippen LogP contribution in [-0.2, 0) is 0 Å². The second-order valence-electron chi connectivity index (χ2n) is 3.24. The molecular formula is C9H22N2. The van der Waals surface area contributed by atoms with Crippen LogP contribution >= 0.6 is 0 Å². The predicted octanol–water partition coefficient (Wildman–Crippen LogP) is 1.49. The summed E-state index contributed by atoms with van der Waals surface area (Å²) in [6.45, 7) is 5.09. The minimum absolute atomic E-state index is 0.324. The van der Waals surface area contributed by atoms with Crippen LogP contribution in [0.3, 0.4) is 0 Å². The molecule has 2 nitrogen and oxygen atoms in total. The summed E-state index contributed by atoms with van der Waals surface area (Å²) in [4.78, 5) is 0.